The van der Waals surface area contributed by atoms with E-state index in [1.165, 1.54) is 6.20 Å². The molecule has 94 valence electrons. The number of esters is 1. The van der Waals surface area contributed by atoms with Crippen LogP contribution >= 0.6 is 11.6 Å². The van der Waals surface area contributed by atoms with Crippen LogP contribution in [0.1, 0.15) is 22.8 Å². The largest absolute Gasteiger partial charge is 0.462 e. The molecule has 0 saturated heterocycles. The molecule has 0 aliphatic heterocycles. The van der Waals surface area contributed by atoms with Gasteiger partial charge in [-0.15, -0.1) is 0 Å². The van der Waals surface area contributed by atoms with E-state index in [2.05, 4.69) is 4.98 Å². The quantitative estimate of drug-likeness (QED) is 0.850. The molecule has 1 aromatic carbocycles. The first-order chi connectivity index (χ1) is 8.54. The predicted octanol–water partition coefficient (Wildman–Crippen LogP) is 2.67. The van der Waals surface area contributed by atoms with Gasteiger partial charge < -0.3 is 9.72 Å². The Morgan fingerprint density at radius 1 is 1.44 bits per heavy atom. The maximum atomic E-state index is 12.2. The third kappa shape index (κ3) is 2.11. The number of nitrogens with one attached hydrogen (secondary N) is 1. The van der Waals surface area contributed by atoms with E-state index in [9.17, 15) is 9.59 Å². The summed E-state index contributed by atoms with van der Waals surface area (Å²) < 4.78 is 4.83. The third-order valence-corrected chi connectivity index (χ3v) is 2.88. The molecular weight excluding hydrogens is 254 g/mol. The zero-order chi connectivity index (χ0) is 13.3. The number of carbonyl (C=O) groups excluding carboxylic acids is 1. The van der Waals surface area contributed by atoms with Gasteiger partial charge in [-0.3, -0.25) is 4.79 Å². The SMILES string of the molecule is CCOC(=O)c1c[nH]c2c(Cl)cc(C)cc2c1=O. The van der Waals surface area contributed by atoms with Gasteiger partial charge in [0.25, 0.3) is 0 Å². The first-order valence-corrected chi connectivity index (χ1v) is 5.91. The van der Waals surface area contributed by atoms with Crippen molar-refractivity contribution in [1.29, 1.82) is 0 Å². The van der Waals surface area contributed by atoms with E-state index >= 15 is 0 Å². The fourth-order valence-electron chi connectivity index (χ4n) is 1.78. The average molecular weight is 266 g/mol. The van der Waals surface area contributed by atoms with Crippen molar-refractivity contribution in [1.82, 2.24) is 4.98 Å². The van der Waals surface area contributed by atoms with Gasteiger partial charge in [0.15, 0.2) is 0 Å². The zero-order valence-electron chi connectivity index (χ0n) is 10.0. The second-order valence-electron chi connectivity index (χ2n) is 3.92. The van der Waals surface area contributed by atoms with E-state index < -0.39 is 5.97 Å². The van der Waals surface area contributed by atoms with E-state index in [4.69, 9.17) is 16.3 Å². The van der Waals surface area contributed by atoms with E-state index in [-0.39, 0.29) is 17.6 Å². The molecule has 1 heterocycles. The van der Waals surface area contributed by atoms with Crippen molar-refractivity contribution >= 4 is 28.5 Å². The highest BCUT2D eigenvalue weighted by molar-refractivity contribution is 6.35. The van der Waals surface area contributed by atoms with Crippen LogP contribution in [-0.2, 0) is 4.74 Å². The molecule has 0 aliphatic rings. The monoisotopic (exact) mass is 265 g/mol. The summed E-state index contributed by atoms with van der Waals surface area (Å²) in [6, 6.07) is 3.45. The molecule has 0 amide bonds. The highest BCUT2D eigenvalue weighted by Gasteiger charge is 2.15. The number of aryl methyl sites for hydroxylation is 1. The second-order valence-corrected chi connectivity index (χ2v) is 4.33. The van der Waals surface area contributed by atoms with Crippen molar-refractivity contribution in [2.45, 2.75) is 13.8 Å². The molecular formula is C13H12ClNO3. The van der Waals surface area contributed by atoms with Crippen molar-refractivity contribution in [2.75, 3.05) is 6.61 Å². The van der Waals surface area contributed by atoms with Crippen LogP contribution in [-0.4, -0.2) is 17.6 Å². The fourth-order valence-corrected chi connectivity index (χ4v) is 2.11. The lowest BCUT2D eigenvalue weighted by Crippen LogP contribution is -2.18. The van der Waals surface area contributed by atoms with Crippen LogP contribution in [0.4, 0.5) is 0 Å². The van der Waals surface area contributed by atoms with Crippen molar-refractivity contribution in [3.63, 3.8) is 0 Å². The summed E-state index contributed by atoms with van der Waals surface area (Å²) in [6.45, 7) is 3.75. The van der Waals surface area contributed by atoms with Gasteiger partial charge in [0.2, 0.25) is 5.43 Å². The molecule has 4 nitrogen and oxygen atoms in total. The van der Waals surface area contributed by atoms with Crippen LogP contribution in [0, 0.1) is 6.92 Å². The smallest absolute Gasteiger partial charge is 0.343 e. The fraction of sp³-hybridized carbons (Fsp3) is 0.231. The van der Waals surface area contributed by atoms with Gasteiger partial charge in [0.1, 0.15) is 5.56 Å². The Hall–Kier alpha value is -1.81. The van der Waals surface area contributed by atoms with E-state index in [0.29, 0.717) is 15.9 Å². The van der Waals surface area contributed by atoms with Crippen molar-refractivity contribution < 1.29 is 9.53 Å². The van der Waals surface area contributed by atoms with Gasteiger partial charge in [0.05, 0.1) is 17.1 Å². The van der Waals surface area contributed by atoms with Crippen LogP contribution in [0.3, 0.4) is 0 Å². The highest BCUT2D eigenvalue weighted by atomic mass is 35.5. The van der Waals surface area contributed by atoms with E-state index in [1.54, 1.807) is 19.1 Å². The number of halogens is 1. The molecule has 0 radical (unpaired) electrons. The summed E-state index contributed by atoms with van der Waals surface area (Å²) in [6.07, 6.45) is 1.34. The number of pyridine rings is 1. The molecule has 0 aliphatic carbocycles. The van der Waals surface area contributed by atoms with E-state index in [0.717, 1.165) is 5.56 Å². The molecule has 5 heteroatoms. The number of aromatic nitrogens is 1. The molecule has 0 spiro atoms. The molecule has 0 fully saturated rings. The number of ether oxygens (including phenoxy) is 1. The minimum absolute atomic E-state index is 0.00832. The Balaban J connectivity index is 2.71. The number of H-pyrrole nitrogens is 1. The number of rotatable bonds is 2. The topological polar surface area (TPSA) is 59.2 Å². The van der Waals surface area contributed by atoms with Crippen LogP contribution in [0.15, 0.2) is 23.1 Å². The Morgan fingerprint density at radius 2 is 2.17 bits per heavy atom. The normalized spacial score (nSPS) is 10.6. The van der Waals surface area contributed by atoms with Gasteiger partial charge >= 0.3 is 5.97 Å². The Kier molecular flexibility index (Phi) is 3.39. The first-order valence-electron chi connectivity index (χ1n) is 5.53. The van der Waals surface area contributed by atoms with Crippen LogP contribution in [0.25, 0.3) is 10.9 Å². The molecule has 18 heavy (non-hydrogen) atoms. The number of carbonyl (C=O) groups is 1. The lowest BCUT2D eigenvalue weighted by atomic mass is 10.1. The van der Waals surface area contributed by atoms with Gasteiger partial charge in [0, 0.05) is 11.6 Å². The summed E-state index contributed by atoms with van der Waals surface area (Å²) in [7, 11) is 0. The molecule has 0 atom stereocenters. The molecule has 2 aromatic rings. The van der Waals surface area contributed by atoms with Gasteiger partial charge in [-0.05, 0) is 31.5 Å². The van der Waals surface area contributed by atoms with Crippen molar-refractivity contribution in [3.05, 3.63) is 44.7 Å². The maximum absolute atomic E-state index is 12.2. The second kappa shape index (κ2) is 4.82. The van der Waals surface area contributed by atoms with Crippen molar-refractivity contribution in [3.8, 4) is 0 Å². The molecule has 0 bridgehead atoms. The molecule has 0 unspecified atom stereocenters. The summed E-state index contributed by atoms with van der Waals surface area (Å²) in [5.74, 6) is -0.627. The minimum atomic E-state index is -0.627. The first kappa shape index (κ1) is 12.6. The summed E-state index contributed by atoms with van der Waals surface area (Å²) >= 11 is 6.04. The lowest BCUT2D eigenvalue weighted by Gasteiger charge is -2.05. The van der Waals surface area contributed by atoms with E-state index in [1.807, 2.05) is 6.92 Å². The molecule has 2 rings (SSSR count). The standard InChI is InChI=1S/C13H12ClNO3/c1-3-18-13(17)9-6-15-11-8(12(9)16)4-7(2)5-10(11)14/h4-6H,3H2,1-2H3,(H,15,16). The summed E-state index contributed by atoms with van der Waals surface area (Å²) in [5.41, 5.74) is 1.01. The Bertz CT molecular complexity index is 676. The van der Waals surface area contributed by atoms with Gasteiger partial charge in [-0.2, -0.15) is 0 Å². The highest BCUT2D eigenvalue weighted by Crippen LogP contribution is 2.21. The van der Waals surface area contributed by atoms with Crippen LogP contribution in [0.2, 0.25) is 5.02 Å². The number of aromatic amines is 1. The molecule has 0 saturated carbocycles. The maximum Gasteiger partial charge on any atom is 0.343 e. The lowest BCUT2D eigenvalue weighted by molar-refractivity contribution is 0.0524. The number of fused-ring (bicyclic) bond motifs is 1. The molecule has 1 N–H and O–H groups in total. The minimum Gasteiger partial charge on any atom is -0.462 e. The third-order valence-electron chi connectivity index (χ3n) is 2.58. The van der Waals surface area contributed by atoms with Crippen LogP contribution in [0.5, 0.6) is 0 Å². The summed E-state index contributed by atoms with van der Waals surface area (Å²) in [5, 5.41) is 0.850. The number of hydrogen-bond donors (Lipinski definition) is 1. The molecule has 1 aromatic heterocycles. The Labute approximate surface area is 109 Å². The number of hydrogen-bond acceptors (Lipinski definition) is 3. The summed E-state index contributed by atoms with van der Waals surface area (Å²) in [4.78, 5) is 26.6. The Morgan fingerprint density at radius 3 is 2.83 bits per heavy atom. The van der Waals surface area contributed by atoms with Gasteiger partial charge in [-0.25, -0.2) is 4.79 Å². The number of benzene rings is 1. The predicted molar refractivity (Wildman–Crippen MR) is 70.3 cm³/mol. The zero-order valence-corrected chi connectivity index (χ0v) is 10.8. The van der Waals surface area contributed by atoms with Crippen molar-refractivity contribution in [2.24, 2.45) is 0 Å². The average Bonchev–Trinajstić information content (AvgIpc) is 2.30. The van der Waals surface area contributed by atoms with Gasteiger partial charge in [-0.1, -0.05) is 11.6 Å². The van der Waals surface area contributed by atoms with Crippen LogP contribution < -0.4 is 5.43 Å².